The van der Waals surface area contributed by atoms with Crippen molar-refractivity contribution in [2.45, 2.75) is 33.2 Å². The van der Waals surface area contributed by atoms with Gasteiger partial charge in [0.2, 0.25) is 0 Å². The van der Waals surface area contributed by atoms with Gasteiger partial charge in [0.25, 0.3) is 5.69 Å². The molecule has 0 aromatic heterocycles. The first-order valence-corrected chi connectivity index (χ1v) is 5.36. The van der Waals surface area contributed by atoms with Gasteiger partial charge in [0, 0.05) is 17.7 Å². The summed E-state index contributed by atoms with van der Waals surface area (Å²) in [5.41, 5.74) is 4.67. The SMILES string of the molecule is C/C(=N\NC(C)(C)C)c1ccc([N+](=O)[O-])cc1. The average Bonchev–Trinajstić information content (AvgIpc) is 2.25. The number of nitro benzene ring substituents is 1. The van der Waals surface area contributed by atoms with E-state index >= 15 is 0 Å². The molecular formula is C12H17N3O2. The Morgan fingerprint density at radius 1 is 1.29 bits per heavy atom. The van der Waals surface area contributed by atoms with Crippen LogP contribution in [0.4, 0.5) is 5.69 Å². The molecule has 5 nitrogen and oxygen atoms in total. The maximum atomic E-state index is 10.5. The molecule has 0 bridgehead atoms. The third-order valence-corrected chi connectivity index (χ3v) is 2.05. The standard InChI is InChI=1S/C12H17N3O2/c1-9(13-14-12(2,3)4)10-5-7-11(8-6-10)15(16)17/h5-8,14H,1-4H3/b13-9+. The number of nitrogens with zero attached hydrogens (tertiary/aromatic N) is 2. The smallest absolute Gasteiger partial charge is 0.269 e. The Morgan fingerprint density at radius 2 is 1.82 bits per heavy atom. The number of hydrogen-bond donors (Lipinski definition) is 1. The van der Waals surface area contributed by atoms with Crippen molar-refractivity contribution in [3.8, 4) is 0 Å². The molecule has 0 unspecified atom stereocenters. The van der Waals surface area contributed by atoms with Crippen molar-refractivity contribution < 1.29 is 4.92 Å². The maximum Gasteiger partial charge on any atom is 0.269 e. The highest BCUT2D eigenvalue weighted by atomic mass is 16.6. The fourth-order valence-electron chi connectivity index (χ4n) is 1.14. The third-order valence-electron chi connectivity index (χ3n) is 2.05. The van der Waals surface area contributed by atoms with Crippen molar-refractivity contribution in [2.24, 2.45) is 5.10 Å². The van der Waals surface area contributed by atoms with E-state index in [1.807, 2.05) is 27.7 Å². The van der Waals surface area contributed by atoms with Gasteiger partial charge in [-0.15, -0.1) is 0 Å². The Bertz CT molecular complexity index is 430. The quantitative estimate of drug-likeness (QED) is 0.497. The van der Waals surface area contributed by atoms with E-state index in [1.54, 1.807) is 12.1 Å². The summed E-state index contributed by atoms with van der Waals surface area (Å²) < 4.78 is 0. The van der Waals surface area contributed by atoms with Crippen molar-refractivity contribution in [1.82, 2.24) is 5.43 Å². The molecule has 1 aromatic rings. The minimum absolute atomic E-state index is 0.0883. The zero-order valence-electron chi connectivity index (χ0n) is 10.5. The molecule has 0 aliphatic rings. The Morgan fingerprint density at radius 3 is 2.24 bits per heavy atom. The molecule has 0 atom stereocenters. The maximum absolute atomic E-state index is 10.5. The lowest BCUT2D eigenvalue weighted by atomic mass is 10.1. The summed E-state index contributed by atoms with van der Waals surface area (Å²) in [6.45, 7) is 7.90. The molecule has 1 rings (SSSR count). The molecule has 0 aliphatic heterocycles. The zero-order chi connectivity index (χ0) is 13.1. The van der Waals surface area contributed by atoms with Crippen LogP contribution >= 0.6 is 0 Å². The van der Waals surface area contributed by atoms with Gasteiger partial charge in [-0.25, -0.2) is 0 Å². The van der Waals surface area contributed by atoms with Crippen LogP contribution in [0.15, 0.2) is 29.4 Å². The minimum atomic E-state index is -0.413. The molecule has 0 spiro atoms. The van der Waals surface area contributed by atoms with Crippen molar-refractivity contribution in [3.63, 3.8) is 0 Å². The normalized spacial score (nSPS) is 12.4. The lowest BCUT2D eigenvalue weighted by Gasteiger charge is -2.18. The topological polar surface area (TPSA) is 67.5 Å². The van der Waals surface area contributed by atoms with Crippen molar-refractivity contribution >= 4 is 11.4 Å². The van der Waals surface area contributed by atoms with Crippen LogP contribution < -0.4 is 5.43 Å². The van der Waals surface area contributed by atoms with Crippen molar-refractivity contribution in [2.75, 3.05) is 0 Å². The molecule has 1 N–H and O–H groups in total. The minimum Gasteiger partial charge on any atom is -0.305 e. The van der Waals surface area contributed by atoms with Gasteiger partial charge in [-0.1, -0.05) is 0 Å². The number of nitro groups is 1. The average molecular weight is 235 g/mol. The summed E-state index contributed by atoms with van der Waals surface area (Å²) in [6, 6.07) is 6.35. The van der Waals surface area contributed by atoms with E-state index < -0.39 is 4.92 Å². The first kappa shape index (κ1) is 13.2. The van der Waals surface area contributed by atoms with Crippen LogP contribution in [0.3, 0.4) is 0 Å². The van der Waals surface area contributed by atoms with E-state index in [0.29, 0.717) is 0 Å². The summed E-state index contributed by atoms with van der Waals surface area (Å²) in [7, 11) is 0. The summed E-state index contributed by atoms with van der Waals surface area (Å²) in [4.78, 5) is 10.1. The number of benzene rings is 1. The largest absolute Gasteiger partial charge is 0.305 e. The molecule has 1 aromatic carbocycles. The van der Waals surface area contributed by atoms with E-state index in [0.717, 1.165) is 11.3 Å². The van der Waals surface area contributed by atoms with Gasteiger partial charge < -0.3 is 5.43 Å². The van der Waals surface area contributed by atoms with Gasteiger partial charge >= 0.3 is 0 Å². The molecule has 92 valence electrons. The van der Waals surface area contributed by atoms with Crippen LogP contribution in [-0.2, 0) is 0 Å². The fourth-order valence-corrected chi connectivity index (χ4v) is 1.14. The first-order chi connectivity index (χ1) is 7.79. The second-order valence-electron chi connectivity index (χ2n) is 4.86. The van der Waals surface area contributed by atoms with E-state index in [1.165, 1.54) is 12.1 Å². The van der Waals surface area contributed by atoms with Gasteiger partial charge in [-0.2, -0.15) is 5.10 Å². The highest BCUT2D eigenvalue weighted by Crippen LogP contribution is 2.12. The fraction of sp³-hybridized carbons (Fsp3) is 0.417. The summed E-state index contributed by atoms with van der Waals surface area (Å²) >= 11 is 0. The summed E-state index contributed by atoms with van der Waals surface area (Å²) in [6.07, 6.45) is 0. The predicted molar refractivity (Wildman–Crippen MR) is 68.2 cm³/mol. The third kappa shape index (κ3) is 4.22. The predicted octanol–water partition coefficient (Wildman–Crippen LogP) is 2.71. The van der Waals surface area contributed by atoms with Crippen molar-refractivity contribution in [1.29, 1.82) is 0 Å². The Balaban J connectivity index is 2.83. The molecule has 0 amide bonds. The van der Waals surface area contributed by atoms with Gasteiger partial charge in [-0.05, 0) is 45.4 Å². The molecular weight excluding hydrogens is 218 g/mol. The van der Waals surface area contributed by atoms with E-state index in [2.05, 4.69) is 10.5 Å². The lowest BCUT2D eigenvalue weighted by molar-refractivity contribution is -0.384. The Labute approximate surface area is 101 Å². The van der Waals surface area contributed by atoms with Crippen LogP contribution in [0.2, 0.25) is 0 Å². The molecule has 0 saturated heterocycles. The van der Waals surface area contributed by atoms with E-state index in [-0.39, 0.29) is 11.2 Å². The highest BCUT2D eigenvalue weighted by molar-refractivity contribution is 5.98. The molecule has 0 radical (unpaired) electrons. The number of rotatable bonds is 3. The van der Waals surface area contributed by atoms with Crippen LogP contribution in [0.5, 0.6) is 0 Å². The number of non-ortho nitro benzene ring substituents is 1. The Kier molecular flexibility index (Phi) is 3.83. The lowest BCUT2D eigenvalue weighted by Crippen LogP contribution is -2.32. The number of hydrogen-bond acceptors (Lipinski definition) is 4. The molecule has 0 fully saturated rings. The highest BCUT2D eigenvalue weighted by Gasteiger charge is 2.08. The molecule has 0 aliphatic carbocycles. The molecule has 5 heteroatoms. The van der Waals surface area contributed by atoms with Crippen LogP contribution in [-0.4, -0.2) is 16.2 Å². The first-order valence-electron chi connectivity index (χ1n) is 5.36. The monoisotopic (exact) mass is 235 g/mol. The molecule has 0 heterocycles. The van der Waals surface area contributed by atoms with Crippen molar-refractivity contribution in [3.05, 3.63) is 39.9 Å². The van der Waals surface area contributed by atoms with E-state index in [4.69, 9.17) is 0 Å². The van der Waals surface area contributed by atoms with Crippen LogP contribution in [0, 0.1) is 10.1 Å². The van der Waals surface area contributed by atoms with Gasteiger partial charge in [0.15, 0.2) is 0 Å². The number of hydrazone groups is 1. The molecule has 0 saturated carbocycles. The van der Waals surface area contributed by atoms with Gasteiger partial charge in [-0.3, -0.25) is 10.1 Å². The van der Waals surface area contributed by atoms with Crippen LogP contribution in [0.25, 0.3) is 0 Å². The van der Waals surface area contributed by atoms with Gasteiger partial charge in [0.1, 0.15) is 0 Å². The summed E-state index contributed by atoms with van der Waals surface area (Å²) in [5.74, 6) is 0. The second-order valence-corrected chi connectivity index (χ2v) is 4.86. The summed E-state index contributed by atoms with van der Waals surface area (Å²) in [5, 5.41) is 14.7. The Hall–Kier alpha value is -1.91. The van der Waals surface area contributed by atoms with E-state index in [9.17, 15) is 10.1 Å². The second kappa shape index (κ2) is 4.95. The van der Waals surface area contributed by atoms with Gasteiger partial charge in [0.05, 0.1) is 10.6 Å². The molecule has 17 heavy (non-hydrogen) atoms. The van der Waals surface area contributed by atoms with Crippen LogP contribution in [0.1, 0.15) is 33.3 Å². The number of nitrogens with one attached hydrogen (secondary N) is 1. The zero-order valence-corrected chi connectivity index (χ0v) is 10.5.